The van der Waals surface area contributed by atoms with Crippen LogP contribution in [0.5, 0.6) is 11.5 Å². The fourth-order valence-electron chi connectivity index (χ4n) is 2.57. The number of hydrogen-bond acceptors (Lipinski definition) is 5. The molecule has 0 aliphatic carbocycles. The quantitative estimate of drug-likeness (QED) is 0.676. The van der Waals surface area contributed by atoms with E-state index in [0.717, 1.165) is 21.7 Å². The van der Waals surface area contributed by atoms with Crippen LogP contribution in [0.15, 0.2) is 29.3 Å². The molecule has 124 valence electrons. The Bertz CT molecular complexity index is 1000. The Labute approximate surface area is 150 Å². The number of aromatic nitrogens is 1. The van der Waals surface area contributed by atoms with Gasteiger partial charge in [0.25, 0.3) is 5.91 Å². The largest absolute Gasteiger partial charge is 0.486 e. The second-order valence-corrected chi connectivity index (χ2v) is 7.84. The first kappa shape index (κ1) is 15.7. The molecule has 1 amide bonds. The van der Waals surface area contributed by atoms with E-state index in [4.69, 9.17) is 21.1 Å². The summed E-state index contributed by atoms with van der Waals surface area (Å²) in [6.45, 7) is 3.82. The number of rotatable bonds is 2. The molecule has 0 spiro atoms. The van der Waals surface area contributed by atoms with Gasteiger partial charge in [-0.3, -0.25) is 4.79 Å². The van der Waals surface area contributed by atoms with Gasteiger partial charge in [-0.15, -0.1) is 11.3 Å². The monoisotopic (exact) mass is 380 g/mol. The Kier molecular flexibility index (Phi) is 4.07. The second-order valence-electron chi connectivity index (χ2n) is 5.11. The molecular weight excluding hydrogens is 368 g/mol. The van der Waals surface area contributed by atoms with Crippen molar-refractivity contribution in [2.24, 2.45) is 4.99 Å². The molecule has 0 fully saturated rings. The number of fused-ring (bicyclic) bond motifs is 2. The molecule has 8 heteroatoms. The first-order chi connectivity index (χ1) is 11.7. The van der Waals surface area contributed by atoms with Crippen LogP contribution < -0.4 is 14.3 Å². The number of carbonyl (C=O) groups excluding carboxylic acids is 1. The van der Waals surface area contributed by atoms with Crippen molar-refractivity contribution in [1.29, 1.82) is 0 Å². The molecule has 0 saturated carbocycles. The van der Waals surface area contributed by atoms with Crippen molar-refractivity contribution in [2.45, 2.75) is 13.5 Å². The molecule has 4 rings (SSSR count). The first-order valence-corrected chi connectivity index (χ1v) is 9.44. The third kappa shape index (κ3) is 2.72. The van der Waals surface area contributed by atoms with E-state index in [1.807, 2.05) is 23.6 Å². The van der Waals surface area contributed by atoms with E-state index in [1.54, 1.807) is 12.1 Å². The Hall–Kier alpha value is -1.83. The molecule has 3 heterocycles. The van der Waals surface area contributed by atoms with Crippen LogP contribution in [-0.2, 0) is 6.54 Å². The van der Waals surface area contributed by atoms with Crippen molar-refractivity contribution in [3.8, 4) is 11.5 Å². The Balaban J connectivity index is 1.85. The molecule has 5 nitrogen and oxygen atoms in total. The summed E-state index contributed by atoms with van der Waals surface area (Å²) in [6, 6.07) is 7.31. The molecule has 0 unspecified atom stereocenters. The van der Waals surface area contributed by atoms with Crippen LogP contribution in [0.3, 0.4) is 0 Å². The number of amides is 1. The summed E-state index contributed by atoms with van der Waals surface area (Å²) >= 11 is 8.59. The lowest BCUT2D eigenvalue weighted by Crippen LogP contribution is -2.16. The van der Waals surface area contributed by atoms with Gasteiger partial charge in [0.1, 0.15) is 13.2 Å². The highest BCUT2D eigenvalue weighted by Crippen LogP contribution is 2.35. The number of benzene rings is 1. The highest BCUT2D eigenvalue weighted by atomic mass is 35.5. The van der Waals surface area contributed by atoms with Crippen LogP contribution in [0.4, 0.5) is 0 Å². The van der Waals surface area contributed by atoms with Gasteiger partial charge in [0.05, 0.1) is 19.4 Å². The van der Waals surface area contributed by atoms with Crippen LogP contribution in [0.25, 0.3) is 10.2 Å². The number of aryl methyl sites for hydroxylation is 1. The first-order valence-electron chi connectivity index (χ1n) is 7.43. The minimum atomic E-state index is -0.280. The van der Waals surface area contributed by atoms with Gasteiger partial charge in [-0.1, -0.05) is 22.9 Å². The minimum Gasteiger partial charge on any atom is -0.486 e. The van der Waals surface area contributed by atoms with Gasteiger partial charge < -0.3 is 14.0 Å². The van der Waals surface area contributed by atoms with Crippen LogP contribution in [0.2, 0.25) is 4.34 Å². The molecule has 1 aromatic carbocycles. The molecule has 2 aromatic heterocycles. The number of thiazole rings is 1. The van der Waals surface area contributed by atoms with Gasteiger partial charge in [0.15, 0.2) is 16.3 Å². The lowest BCUT2D eigenvalue weighted by Gasteiger charge is -2.18. The predicted molar refractivity (Wildman–Crippen MR) is 95.7 cm³/mol. The van der Waals surface area contributed by atoms with E-state index in [1.165, 1.54) is 22.7 Å². The van der Waals surface area contributed by atoms with Crippen molar-refractivity contribution < 1.29 is 14.3 Å². The molecule has 0 bridgehead atoms. The van der Waals surface area contributed by atoms with Crippen LogP contribution >= 0.6 is 34.3 Å². The summed E-state index contributed by atoms with van der Waals surface area (Å²) in [7, 11) is 0. The van der Waals surface area contributed by atoms with Gasteiger partial charge in [0, 0.05) is 18.7 Å². The van der Waals surface area contributed by atoms with Crippen LogP contribution in [0, 0.1) is 0 Å². The Morgan fingerprint density at radius 3 is 2.67 bits per heavy atom. The van der Waals surface area contributed by atoms with E-state index in [2.05, 4.69) is 4.99 Å². The van der Waals surface area contributed by atoms with E-state index in [0.29, 0.717) is 33.8 Å². The zero-order valence-electron chi connectivity index (χ0n) is 12.7. The lowest BCUT2D eigenvalue weighted by molar-refractivity contribution is 0.100. The van der Waals surface area contributed by atoms with Gasteiger partial charge in [0.2, 0.25) is 0 Å². The van der Waals surface area contributed by atoms with E-state index in [-0.39, 0.29) is 5.91 Å². The number of halogens is 1. The van der Waals surface area contributed by atoms with Crippen molar-refractivity contribution in [3.05, 3.63) is 38.3 Å². The predicted octanol–water partition coefficient (Wildman–Crippen LogP) is 3.95. The zero-order chi connectivity index (χ0) is 16.7. The molecule has 1 aliphatic rings. The summed E-state index contributed by atoms with van der Waals surface area (Å²) in [6.07, 6.45) is 0. The molecular formula is C16H13ClN2O3S2. The highest BCUT2D eigenvalue weighted by molar-refractivity contribution is 7.18. The summed E-state index contributed by atoms with van der Waals surface area (Å²) in [4.78, 5) is 17.8. The zero-order valence-corrected chi connectivity index (χ0v) is 15.1. The smallest absolute Gasteiger partial charge is 0.289 e. The fraction of sp³-hybridized carbons (Fsp3) is 0.250. The van der Waals surface area contributed by atoms with Crippen molar-refractivity contribution in [3.63, 3.8) is 0 Å². The minimum absolute atomic E-state index is 0.280. The second kappa shape index (κ2) is 6.23. The van der Waals surface area contributed by atoms with Crippen LogP contribution in [-0.4, -0.2) is 23.7 Å². The van der Waals surface area contributed by atoms with Crippen LogP contribution in [0.1, 0.15) is 16.6 Å². The van der Waals surface area contributed by atoms with Gasteiger partial charge >= 0.3 is 0 Å². The molecule has 24 heavy (non-hydrogen) atoms. The SMILES string of the molecule is CCn1c(=NC(=O)c2ccc(Cl)s2)sc2cc3c(cc21)OCCO3. The maximum absolute atomic E-state index is 12.4. The summed E-state index contributed by atoms with van der Waals surface area (Å²) in [5.74, 6) is 1.19. The maximum atomic E-state index is 12.4. The maximum Gasteiger partial charge on any atom is 0.289 e. The molecule has 0 N–H and O–H groups in total. The van der Waals surface area contributed by atoms with Gasteiger partial charge in [-0.05, 0) is 19.1 Å². The molecule has 0 saturated heterocycles. The molecule has 3 aromatic rings. The number of ether oxygens (including phenoxy) is 2. The van der Waals surface area contributed by atoms with Crippen molar-refractivity contribution in [1.82, 2.24) is 4.57 Å². The third-order valence-electron chi connectivity index (χ3n) is 3.64. The molecule has 0 radical (unpaired) electrons. The Morgan fingerprint density at radius 1 is 1.25 bits per heavy atom. The summed E-state index contributed by atoms with van der Waals surface area (Å²) < 4.78 is 14.9. The topological polar surface area (TPSA) is 52.8 Å². The fourth-order valence-corrected chi connectivity index (χ4v) is 4.60. The number of nitrogens with zero attached hydrogens (tertiary/aromatic N) is 2. The Morgan fingerprint density at radius 2 is 2.00 bits per heavy atom. The van der Waals surface area contributed by atoms with E-state index >= 15 is 0 Å². The number of hydrogen-bond donors (Lipinski definition) is 0. The standard InChI is InChI=1S/C16H13ClN2O3S2/c1-2-19-9-7-10-11(22-6-5-21-10)8-13(9)24-16(19)18-15(20)12-3-4-14(17)23-12/h3-4,7-8H,2,5-6H2,1H3. The van der Waals surface area contributed by atoms with E-state index in [9.17, 15) is 4.79 Å². The van der Waals surface area contributed by atoms with Gasteiger partial charge in [-0.25, -0.2) is 0 Å². The van der Waals surface area contributed by atoms with Crippen molar-refractivity contribution in [2.75, 3.05) is 13.2 Å². The number of thiophene rings is 1. The average molecular weight is 381 g/mol. The summed E-state index contributed by atoms with van der Waals surface area (Å²) in [5.41, 5.74) is 0.988. The highest BCUT2D eigenvalue weighted by Gasteiger charge is 2.16. The normalized spacial score (nSPS) is 14.3. The van der Waals surface area contributed by atoms with Gasteiger partial charge in [-0.2, -0.15) is 4.99 Å². The van der Waals surface area contributed by atoms with Crippen molar-refractivity contribution >= 4 is 50.4 Å². The lowest BCUT2D eigenvalue weighted by atomic mass is 10.2. The summed E-state index contributed by atoms with van der Waals surface area (Å²) in [5, 5.41) is 0. The molecule has 0 atom stereocenters. The van der Waals surface area contributed by atoms with E-state index < -0.39 is 0 Å². The molecule has 1 aliphatic heterocycles. The average Bonchev–Trinajstić information content (AvgIpc) is 3.15. The third-order valence-corrected chi connectivity index (χ3v) is 5.90. The number of carbonyl (C=O) groups is 1.